The minimum Gasteiger partial charge on any atom is -0.0808 e. The van der Waals surface area contributed by atoms with Crippen LogP contribution in [0.15, 0.2) is 109 Å². The van der Waals surface area contributed by atoms with Crippen molar-refractivity contribution in [3.8, 4) is 0 Å². The van der Waals surface area contributed by atoms with E-state index in [1.54, 1.807) is 0 Å². The zero-order valence-electron chi connectivity index (χ0n) is 23.7. The first-order valence-corrected chi connectivity index (χ1v) is 18.1. The Morgan fingerprint density at radius 1 is 0.641 bits per heavy atom. The van der Waals surface area contributed by atoms with Gasteiger partial charge < -0.3 is 0 Å². The molecule has 0 aliphatic heterocycles. The van der Waals surface area contributed by atoms with Crippen LogP contribution < -0.4 is 10.6 Å². The maximum atomic E-state index is 2.60. The molecule has 1 unspecified atom stereocenters. The Kier molecular flexibility index (Phi) is 12.8. The molecular weight excluding hydrogens is 550 g/mol. The molecule has 2 fully saturated rings. The fraction of sp³-hybridized carbons (Fsp3) is 0.444. The van der Waals surface area contributed by atoms with E-state index in [9.17, 15) is 0 Å². The summed E-state index contributed by atoms with van der Waals surface area (Å²) in [6.07, 6.45) is 31.9. The Bertz CT molecular complexity index is 1020. The first-order chi connectivity index (χ1) is 18.8. The Morgan fingerprint density at radius 2 is 1.13 bits per heavy atom. The van der Waals surface area contributed by atoms with Crippen LogP contribution in [0.25, 0.3) is 0 Å². The van der Waals surface area contributed by atoms with Gasteiger partial charge in [-0.15, -0.1) is 0 Å². The number of hydrogen-bond acceptors (Lipinski definition) is 0. The van der Waals surface area contributed by atoms with E-state index in [0.29, 0.717) is 11.6 Å². The predicted molar refractivity (Wildman–Crippen MR) is 173 cm³/mol. The second kappa shape index (κ2) is 16.3. The Labute approximate surface area is 251 Å². The van der Waals surface area contributed by atoms with E-state index in [2.05, 4.69) is 110 Å². The van der Waals surface area contributed by atoms with E-state index < -0.39 is 7.92 Å². The third-order valence-corrected chi connectivity index (χ3v) is 15.3. The average Bonchev–Trinajstić information content (AvgIpc) is 3.72. The second-order valence-electron chi connectivity index (χ2n) is 11.4. The normalized spacial score (nSPS) is 21.9. The molecule has 39 heavy (non-hydrogen) atoms. The summed E-state index contributed by atoms with van der Waals surface area (Å²) in [6, 6.07) is 22.8. The predicted octanol–water partition coefficient (Wildman–Crippen LogP) is 10.2. The van der Waals surface area contributed by atoms with Crippen LogP contribution in [0.4, 0.5) is 0 Å². The van der Waals surface area contributed by atoms with Crippen molar-refractivity contribution in [3.05, 3.63) is 109 Å². The summed E-state index contributed by atoms with van der Waals surface area (Å²) < 4.78 is 0. The topological polar surface area (TPSA) is 0 Å². The molecule has 0 saturated heterocycles. The van der Waals surface area contributed by atoms with Crippen LogP contribution >= 0.6 is 15.8 Å². The standard InChI is InChI=1S/C31H40P2.C5H6.Fe/c1-25(32(26-15-6-2-7-16-26)27-17-8-3-9-18-27)30-23-14-24-31(30)33(28-19-10-4-11-20-28)29-21-12-5-13-22-29;1-2-4-5-3-1;/h2-3,6-9,14-18,23-25,28-30H,4-5,10-13,19-22H2,1H3;1-4H,5H2;/t25-,30?;;/m1../s1. The summed E-state index contributed by atoms with van der Waals surface area (Å²) in [5.41, 5.74) is 2.60. The van der Waals surface area contributed by atoms with Crippen molar-refractivity contribution in [1.29, 1.82) is 0 Å². The van der Waals surface area contributed by atoms with Crippen molar-refractivity contribution in [1.82, 2.24) is 0 Å². The van der Waals surface area contributed by atoms with E-state index in [4.69, 9.17) is 0 Å². The van der Waals surface area contributed by atoms with E-state index in [1.165, 1.54) is 74.8 Å². The minimum atomic E-state index is -0.391. The number of hydrogen-bond donors (Lipinski definition) is 0. The fourth-order valence-electron chi connectivity index (χ4n) is 6.94. The van der Waals surface area contributed by atoms with Gasteiger partial charge in [-0.25, -0.2) is 0 Å². The summed E-state index contributed by atoms with van der Waals surface area (Å²) in [7, 11) is -0.415. The summed E-state index contributed by atoms with van der Waals surface area (Å²) in [5, 5.41) is 4.94. The second-order valence-corrected chi connectivity index (χ2v) is 16.7. The molecule has 2 atom stereocenters. The Hall–Kier alpha value is -1.22. The van der Waals surface area contributed by atoms with E-state index in [0.717, 1.165) is 17.7 Å². The van der Waals surface area contributed by atoms with Gasteiger partial charge >= 0.3 is 0 Å². The number of benzene rings is 2. The first-order valence-electron chi connectivity index (χ1n) is 15.2. The van der Waals surface area contributed by atoms with E-state index in [1.807, 2.05) is 5.31 Å². The number of allylic oxidation sites excluding steroid dienone is 8. The summed E-state index contributed by atoms with van der Waals surface area (Å²) in [4.78, 5) is 0. The fourth-order valence-corrected chi connectivity index (χ4v) is 14.1. The summed E-state index contributed by atoms with van der Waals surface area (Å²) in [6.45, 7) is 2.56. The van der Waals surface area contributed by atoms with Crippen molar-refractivity contribution in [2.75, 3.05) is 0 Å². The van der Waals surface area contributed by atoms with Gasteiger partial charge in [0.25, 0.3) is 0 Å². The zero-order valence-corrected chi connectivity index (χ0v) is 26.5. The van der Waals surface area contributed by atoms with Crippen LogP contribution in [-0.2, 0) is 17.1 Å². The van der Waals surface area contributed by atoms with Gasteiger partial charge in [-0.2, -0.15) is 0 Å². The van der Waals surface area contributed by atoms with Crippen molar-refractivity contribution in [3.63, 3.8) is 0 Å². The quantitative estimate of drug-likeness (QED) is 0.220. The summed E-state index contributed by atoms with van der Waals surface area (Å²) in [5.74, 6) is 0.617. The molecule has 0 heterocycles. The molecule has 2 saturated carbocycles. The maximum absolute atomic E-state index is 2.60. The van der Waals surface area contributed by atoms with Gasteiger partial charge in [-0.1, -0.05) is 157 Å². The minimum absolute atomic E-state index is 0. The van der Waals surface area contributed by atoms with Gasteiger partial charge in [0.15, 0.2) is 0 Å². The first kappa shape index (κ1) is 30.7. The molecule has 6 rings (SSSR count). The molecule has 0 nitrogen and oxygen atoms in total. The van der Waals surface area contributed by atoms with Crippen LogP contribution in [0, 0.1) is 5.92 Å². The van der Waals surface area contributed by atoms with Gasteiger partial charge in [0.1, 0.15) is 0 Å². The summed E-state index contributed by atoms with van der Waals surface area (Å²) >= 11 is 0. The van der Waals surface area contributed by atoms with Crippen LogP contribution in [-0.4, -0.2) is 17.0 Å². The largest absolute Gasteiger partial charge is 0.0808 e. The molecule has 0 bridgehead atoms. The molecule has 0 aromatic heterocycles. The van der Waals surface area contributed by atoms with Crippen molar-refractivity contribution in [2.24, 2.45) is 5.92 Å². The van der Waals surface area contributed by atoms with Crippen LogP contribution in [0.3, 0.4) is 0 Å². The molecule has 4 aliphatic carbocycles. The molecule has 0 spiro atoms. The third-order valence-electron chi connectivity index (χ3n) is 8.81. The molecule has 0 amide bonds. The maximum Gasteiger partial charge on any atom is 0.00966 e. The SMILES string of the molecule is C1=CCC=C1.C[C@H](C1C=CC=C1P(C1CCCCC1)C1CCCCC1)P(c1ccccc1)c1ccccc1.[Fe]. The third kappa shape index (κ3) is 8.17. The van der Waals surface area contributed by atoms with Crippen molar-refractivity contribution >= 4 is 26.5 Å². The Morgan fingerprint density at radius 3 is 1.56 bits per heavy atom. The monoisotopic (exact) mass is 596 g/mol. The van der Waals surface area contributed by atoms with E-state index >= 15 is 0 Å². The molecule has 0 N–H and O–H groups in total. The van der Waals surface area contributed by atoms with Gasteiger partial charge in [0.2, 0.25) is 0 Å². The molecular formula is C36H46FeP2. The van der Waals surface area contributed by atoms with Crippen LogP contribution in [0.1, 0.15) is 77.6 Å². The van der Waals surface area contributed by atoms with Gasteiger partial charge in [0.05, 0.1) is 0 Å². The molecule has 2 aromatic carbocycles. The van der Waals surface area contributed by atoms with Crippen LogP contribution in [0.2, 0.25) is 0 Å². The van der Waals surface area contributed by atoms with Gasteiger partial charge in [-0.05, 0) is 72.9 Å². The van der Waals surface area contributed by atoms with E-state index in [-0.39, 0.29) is 25.0 Å². The molecule has 0 radical (unpaired) electrons. The molecule has 3 heteroatoms. The van der Waals surface area contributed by atoms with Crippen molar-refractivity contribution < 1.29 is 17.1 Å². The molecule has 4 aliphatic rings. The number of rotatable bonds is 7. The van der Waals surface area contributed by atoms with Crippen molar-refractivity contribution in [2.45, 2.75) is 94.5 Å². The average molecular weight is 597 g/mol. The van der Waals surface area contributed by atoms with Gasteiger partial charge in [0, 0.05) is 23.0 Å². The Balaban J connectivity index is 0.000000530. The zero-order chi connectivity index (χ0) is 26.0. The smallest absolute Gasteiger partial charge is 0.00966 e. The molecule has 2 aromatic rings. The van der Waals surface area contributed by atoms with Crippen LogP contribution in [0.5, 0.6) is 0 Å². The molecule has 208 valence electrons. The van der Waals surface area contributed by atoms with Gasteiger partial charge in [-0.3, -0.25) is 0 Å².